The molecule has 0 aromatic heterocycles. The topological polar surface area (TPSA) is 104 Å². The maximum absolute atomic E-state index is 12.3. The van der Waals surface area contributed by atoms with Gasteiger partial charge >= 0.3 is 0 Å². The molecule has 2 saturated heterocycles. The fourth-order valence-electron chi connectivity index (χ4n) is 3.30. The third-order valence-corrected chi connectivity index (χ3v) is 6.61. The van der Waals surface area contributed by atoms with E-state index in [2.05, 4.69) is 5.32 Å². The molecule has 2 N–H and O–H groups in total. The van der Waals surface area contributed by atoms with Gasteiger partial charge in [0.25, 0.3) is 0 Å². The van der Waals surface area contributed by atoms with Crippen molar-refractivity contribution in [3.05, 3.63) is 24.3 Å². The van der Waals surface area contributed by atoms with E-state index in [1.54, 1.807) is 17.0 Å². The smallest absolute Gasteiger partial charge is 0.227 e. The lowest BCUT2D eigenvalue weighted by atomic mass is 10.0. The quantitative estimate of drug-likeness (QED) is 0.816. The van der Waals surface area contributed by atoms with Gasteiger partial charge in [-0.15, -0.1) is 0 Å². The zero-order chi connectivity index (χ0) is 18.0. The summed E-state index contributed by atoms with van der Waals surface area (Å²) in [5, 5.41) is 12.2. The largest absolute Gasteiger partial charge is 0.508 e. The Morgan fingerprint density at radius 1 is 1.20 bits per heavy atom. The number of phenolic OH excluding ortho intramolecular Hbond substituents is 1. The molecule has 2 fully saturated rings. The van der Waals surface area contributed by atoms with E-state index in [4.69, 9.17) is 0 Å². The van der Waals surface area contributed by atoms with Crippen LogP contribution in [0.15, 0.2) is 24.3 Å². The highest BCUT2D eigenvalue weighted by atomic mass is 32.2. The zero-order valence-corrected chi connectivity index (χ0v) is 14.7. The number of carbonyl (C=O) groups excluding carboxylic acids is 2. The molecule has 0 unspecified atom stereocenters. The van der Waals surface area contributed by atoms with Crippen molar-refractivity contribution in [1.82, 2.24) is 5.32 Å². The van der Waals surface area contributed by atoms with Gasteiger partial charge in [-0.05, 0) is 43.0 Å². The number of amides is 2. The fraction of sp³-hybridized carbons (Fsp3) is 0.529. The van der Waals surface area contributed by atoms with Gasteiger partial charge in [0.2, 0.25) is 11.8 Å². The summed E-state index contributed by atoms with van der Waals surface area (Å²) in [4.78, 5) is 26.1. The highest BCUT2D eigenvalue weighted by molar-refractivity contribution is 7.91. The average molecular weight is 366 g/mol. The van der Waals surface area contributed by atoms with Crippen molar-refractivity contribution in [2.45, 2.75) is 19.3 Å². The summed E-state index contributed by atoms with van der Waals surface area (Å²) in [5.74, 6) is -0.0167. The van der Waals surface area contributed by atoms with Crippen LogP contribution in [-0.2, 0) is 19.4 Å². The molecule has 0 radical (unpaired) electrons. The van der Waals surface area contributed by atoms with Crippen LogP contribution in [0, 0.1) is 11.8 Å². The van der Waals surface area contributed by atoms with Crippen LogP contribution in [0.4, 0.5) is 5.69 Å². The van der Waals surface area contributed by atoms with Crippen LogP contribution >= 0.6 is 0 Å². The highest BCUT2D eigenvalue weighted by Gasteiger charge is 2.35. The monoisotopic (exact) mass is 366 g/mol. The molecule has 0 spiro atoms. The Labute approximate surface area is 146 Å². The number of phenols is 1. The predicted molar refractivity (Wildman–Crippen MR) is 93.0 cm³/mol. The number of carbonyl (C=O) groups is 2. The van der Waals surface area contributed by atoms with Crippen LogP contribution in [-0.4, -0.2) is 49.9 Å². The van der Waals surface area contributed by atoms with E-state index in [1.165, 1.54) is 12.1 Å². The molecular weight excluding hydrogens is 344 g/mol. The van der Waals surface area contributed by atoms with E-state index in [0.717, 1.165) is 0 Å². The maximum Gasteiger partial charge on any atom is 0.227 e. The van der Waals surface area contributed by atoms with Crippen LogP contribution in [0.3, 0.4) is 0 Å². The lowest BCUT2D eigenvalue weighted by molar-refractivity contribution is -0.126. The Bertz CT molecular complexity index is 746. The van der Waals surface area contributed by atoms with Crippen LogP contribution in [0.25, 0.3) is 0 Å². The normalized spacial score (nSPS) is 23.6. The van der Waals surface area contributed by atoms with Gasteiger partial charge in [0.15, 0.2) is 0 Å². The molecule has 0 aliphatic carbocycles. The number of nitrogens with one attached hydrogen (secondary N) is 1. The maximum atomic E-state index is 12.3. The summed E-state index contributed by atoms with van der Waals surface area (Å²) >= 11 is 0. The number of nitrogens with zero attached hydrogens (tertiary/aromatic N) is 1. The van der Waals surface area contributed by atoms with Crippen LogP contribution < -0.4 is 10.2 Å². The summed E-state index contributed by atoms with van der Waals surface area (Å²) in [6.07, 6.45) is 1.31. The molecule has 2 aliphatic rings. The van der Waals surface area contributed by atoms with Gasteiger partial charge < -0.3 is 15.3 Å². The number of aromatic hydroxyl groups is 1. The van der Waals surface area contributed by atoms with Crippen molar-refractivity contribution in [2.75, 3.05) is 29.5 Å². The van der Waals surface area contributed by atoms with Gasteiger partial charge in [-0.25, -0.2) is 8.42 Å². The number of benzene rings is 1. The Balaban J connectivity index is 1.52. The molecule has 7 nitrogen and oxygen atoms in total. The lowest BCUT2D eigenvalue weighted by Gasteiger charge is -2.23. The van der Waals surface area contributed by atoms with Gasteiger partial charge in [-0.1, -0.05) is 0 Å². The minimum Gasteiger partial charge on any atom is -0.508 e. The van der Waals surface area contributed by atoms with E-state index in [9.17, 15) is 23.1 Å². The molecule has 1 atom stereocenters. The third-order valence-electron chi connectivity index (χ3n) is 4.90. The van der Waals surface area contributed by atoms with Gasteiger partial charge in [0.1, 0.15) is 15.6 Å². The number of sulfone groups is 1. The second-order valence-electron chi connectivity index (χ2n) is 6.76. The molecule has 1 aromatic carbocycles. The minimum atomic E-state index is -2.90. The highest BCUT2D eigenvalue weighted by Crippen LogP contribution is 2.27. The molecular formula is C17H22N2O5S. The van der Waals surface area contributed by atoms with Crippen molar-refractivity contribution in [2.24, 2.45) is 11.8 Å². The van der Waals surface area contributed by atoms with Crippen LogP contribution in [0.2, 0.25) is 0 Å². The third kappa shape index (κ3) is 4.31. The summed E-state index contributed by atoms with van der Waals surface area (Å²) < 4.78 is 22.9. The van der Waals surface area contributed by atoms with Crippen molar-refractivity contribution >= 4 is 27.3 Å². The van der Waals surface area contributed by atoms with Crippen molar-refractivity contribution in [1.29, 1.82) is 0 Å². The van der Waals surface area contributed by atoms with Gasteiger partial charge in [-0.3, -0.25) is 9.59 Å². The summed E-state index contributed by atoms with van der Waals surface area (Å²) in [5.41, 5.74) is 0.663. The van der Waals surface area contributed by atoms with E-state index in [0.29, 0.717) is 31.6 Å². The van der Waals surface area contributed by atoms with Crippen molar-refractivity contribution in [3.63, 3.8) is 0 Å². The number of hydrogen-bond donors (Lipinski definition) is 2. The van der Waals surface area contributed by atoms with Gasteiger partial charge in [0, 0.05) is 25.2 Å². The fourth-order valence-corrected chi connectivity index (χ4v) is 4.89. The van der Waals surface area contributed by atoms with E-state index in [-0.39, 0.29) is 41.4 Å². The molecule has 3 rings (SSSR count). The number of hydrogen-bond acceptors (Lipinski definition) is 5. The molecule has 2 amide bonds. The first-order chi connectivity index (χ1) is 11.8. The zero-order valence-electron chi connectivity index (χ0n) is 13.8. The Morgan fingerprint density at radius 2 is 1.84 bits per heavy atom. The Morgan fingerprint density at radius 3 is 2.48 bits per heavy atom. The summed E-state index contributed by atoms with van der Waals surface area (Å²) in [7, 11) is -2.90. The second-order valence-corrected chi connectivity index (χ2v) is 9.07. The molecule has 2 heterocycles. The van der Waals surface area contributed by atoms with E-state index in [1.807, 2.05) is 0 Å². The van der Waals surface area contributed by atoms with Crippen molar-refractivity contribution in [3.8, 4) is 5.75 Å². The summed E-state index contributed by atoms with van der Waals surface area (Å²) in [6.45, 7) is 0.771. The SMILES string of the molecule is O=C(NCC1CCS(=O)(=O)CC1)[C@@H]1CC(=O)N(c2ccc(O)cc2)C1. The molecule has 0 saturated carbocycles. The standard InChI is InChI=1S/C17H22N2O5S/c20-15-3-1-14(2-4-15)19-11-13(9-16(19)21)17(22)18-10-12-5-7-25(23,24)8-6-12/h1-4,12-13,20H,5-11H2,(H,18,22)/t13-/m1/s1. The molecule has 2 aliphatic heterocycles. The minimum absolute atomic E-state index is 0.116. The van der Waals surface area contributed by atoms with E-state index >= 15 is 0 Å². The summed E-state index contributed by atoms with van der Waals surface area (Å²) in [6, 6.07) is 6.31. The lowest BCUT2D eigenvalue weighted by Crippen LogP contribution is -2.38. The molecule has 25 heavy (non-hydrogen) atoms. The first kappa shape index (κ1) is 17.7. The number of rotatable bonds is 4. The van der Waals surface area contributed by atoms with E-state index < -0.39 is 15.8 Å². The Hall–Kier alpha value is -2.09. The average Bonchev–Trinajstić information content (AvgIpc) is 2.96. The van der Waals surface area contributed by atoms with Gasteiger partial charge in [-0.2, -0.15) is 0 Å². The Kier molecular flexibility index (Phi) is 4.99. The molecule has 1 aromatic rings. The molecule has 8 heteroatoms. The van der Waals surface area contributed by atoms with Crippen molar-refractivity contribution < 1.29 is 23.1 Å². The molecule has 0 bridgehead atoms. The first-order valence-electron chi connectivity index (χ1n) is 8.41. The number of anilines is 1. The molecule has 136 valence electrons. The van der Waals surface area contributed by atoms with Gasteiger partial charge in [0.05, 0.1) is 17.4 Å². The second kappa shape index (κ2) is 7.03. The predicted octanol–water partition coefficient (Wildman–Crippen LogP) is 0.686. The van der Waals surface area contributed by atoms with Crippen LogP contribution in [0.5, 0.6) is 5.75 Å². The first-order valence-corrected chi connectivity index (χ1v) is 10.2. The van der Waals surface area contributed by atoms with Crippen LogP contribution in [0.1, 0.15) is 19.3 Å².